The molecule has 0 N–H and O–H groups in total. The summed E-state index contributed by atoms with van der Waals surface area (Å²) < 4.78 is 6.11. The van der Waals surface area contributed by atoms with Crippen LogP contribution in [0.25, 0.3) is 0 Å². The Labute approximate surface area is 124 Å². The molecule has 1 heterocycles. The van der Waals surface area contributed by atoms with Crippen molar-refractivity contribution < 1.29 is 0 Å². The predicted molar refractivity (Wildman–Crippen MR) is 95.5 cm³/mol. The molecule has 0 bridgehead atoms. The van der Waals surface area contributed by atoms with Crippen LogP contribution in [0.1, 0.15) is 27.7 Å². The van der Waals surface area contributed by atoms with E-state index in [1.54, 1.807) is 0 Å². The first-order valence-electron chi connectivity index (χ1n) is 7.90. The van der Waals surface area contributed by atoms with E-state index >= 15 is 0 Å². The maximum atomic E-state index is 3.05. The normalized spacial score (nSPS) is 26.5. The Kier molecular flexibility index (Phi) is 5.01. The Bertz CT molecular complexity index is 295. The number of rotatable bonds is 4. The Morgan fingerprint density at radius 1 is 0.632 bits per heavy atom. The highest BCUT2D eigenvalue weighted by Gasteiger charge is 2.64. The molecule has 114 valence electrons. The summed E-state index contributed by atoms with van der Waals surface area (Å²) in [6, 6.07) is 0. The lowest BCUT2D eigenvalue weighted by molar-refractivity contribution is 0.447. The van der Waals surface area contributed by atoms with Gasteiger partial charge in [-0.25, -0.2) is 0 Å². The van der Waals surface area contributed by atoms with Gasteiger partial charge in [-0.15, -0.1) is 0 Å². The van der Waals surface area contributed by atoms with E-state index in [0.717, 1.165) is 11.8 Å². The highest BCUT2D eigenvalue weighted by atomic mass is 29.3. The quantitative estimate of drug-likeness (QED) is 0.720. The number of hydrogen-bond donors (Lipinski definition) is 0. The van der Waals surface area contributed by atoms with E-state index in [0.29, 0.717) is 0 Å². The van der Waals surface area contributed by atoms with Gasteiger partial charge in [0.2, 0.25) is 0 Å². The maximum absolute atomic E-state index is 3.05. The lowest BCUT2D eigenvalue weighted by atomic mass is 10.2. The lowest BCUT2D eigenvalue weighted by Gasteiger charge is -2.41. The third-order valence-electron chi connectivity index (χ3n) is 5.26. The van der Waals surface area contributed by atoms with Crippen molar-refractivity contribution in [3.63, 3.8) is 0 Å². The van der Waals surface area contributed by atoms with Crippen LogP contribution >= 0.6 is 0 Å². The summed E-state index contributed by atoms with van der Waals surface area (Å²) in [5.41, 5.74) is 0. The summed E-state index contributed by atoms with van der Waals surface area (Å²) in [6.07, 6.45) is 0. The first-order valence-corrected chi connectivity index (χ1v) is 17.7. The second-order valence-corrected chi connectivity index (χ2v) is 28.2. The molecule has 1 aliphatic heterocycles. The van der Waals surface area contributed by atoms with Gasteiger partial charge >= 0.3 is 0 Å². The lowest BCUT2D eigenvalue weighted by Crippen LogP contribution is -2.64. The maximum Gasteiger partial charge on any atom is 0.186 e. The van der Waals surface area contributed by atoms with E-state index in [2.05, 4.69) is 75.4 Å². The zero-order chi connectivity index (χ0) is 15.2. The van der Waals surface area contributed by atoms with E-state index in [1.807, 2.05) is 0 Å². The van der Waals surface area contributed by atoms with Gasteiger partial charge < -0.3 is 8.46 Å². The molecule has 0 aromatic heterocycles. The Morgan fingerprint density at radius 3 is 1.11 bits per heavy atom. The number of nitrogens with zero attached hydrogens (tertiary/aromatic N) is 2. The third kappa shape index (κ3) is 2.95. The van der Waals surface area contributed by atoms with E-state index in [9.17, 15) is 0 Å². The SMILES string of the molecule is CC(C)CN1[Si](C)(C)N(CC(C)C)[Si](C)(C)[Si]1(C)C. The smallest absolute Gasteiger partial charge is 0.186 e. The van der Waals surface area contributed by atoms with Crippen molar-refractivity contribution in [2.24, 2.45) is 11.8 Å². The zero-order valence-corrected chi connectivity index (χ0v) is 18.0. The van der Waals surface area contributed by atoms with Gasteiger partial charge in [0, 0.05) is 0 Å². The van der Waals surface area contributed by atoms with E-state index in [4.69, 9.17) is 0 Å². The standard InChI is InChI=1S/C14H36N2Si3/c1-13(2)11-15-17(5,6)16(12-14(3)4)19(9,10)18(15,7)8/h13-14H,11-12H2,1-10H3. The minimum Gasteiger partial charge on any atom is -0.335 e. The first-order chi connectivity index (χ1) is 8.35. The molecular formula is C14H36N2Si3. The minimum atomic E-state index is -1.41. The van der Waals surface area contributed by atoms with Crippen molar-refractivity contribution in [1.29, 1.82) is 0 Å². The van der Waals surface area contributed by atoms with Crippen molar-refractivity contribution in [3.05, 3.63) is 0 Å². The van der Waals surface area contributed by atoms with E-state index < -0.39 is 23.9 Å². The molecule has 0 aliphatic carbocycles. The molecule has 0 amide bonds. The van der Waals surface area contributed by atoms with Crippen molar-refractivity contribution in [2.75, 3.05) is 13.1 Å². The highest BCUT2D eigenvalue weighted by molar-refractivity contribution is 7.44. The fourth-order valence-electron chi connectivity index (χ4n) is 3.81. The largest absolute Gasteiger partial charge is 0.335 e. The van der Waals surface area contributed by atoms with Crippen molar-refractivity contribution in [2.45, 2.75) is 67.0 Å². The molecule has 0 aromatic rings. The van der Waals surface area contributed by atoms with Crippen molar-refractivity contribution >= 4 is 23.9 Å². The van der Waals surface area contributed by atoms with Gasteiger partial charge in [-0.2, -0.15) is 0 Å². The molecule has 0 saturated carbocycles. The summed E-state index contributed by atoms with van der Waals surface area (Å²) >= 11 is 0. The average Bonchev–Trinajstić information content (AvgIpc) is 2.28. The Balaban J connectivity index is 3.21. The predicted octanol–water partition coefficient (Wildman–Crippen LogP) is 4.11. The van der Waals surface area contributed by atoms with Gasteiger partial charge in [-0.05, 0) is 38.0 Å². The highest BCUT2D eigenvalue weighted by Crippen LogP contribution is 2.42. The Morgan fingerprint density at radius 2 is 0.895 bits per heavy atom. The molecule has 0 radical (unpaired) electrons. The number of hydrogen-bond acceptors (Lipinski definition) is 2. The fraction of sp³-hybridized carbons (Fsp3) is 1.00. The van der Waals surface area contributed by atoms with E-state index in [-0.39, 0.29) is 0 Å². The molecule has 0 aromatic carbocycles. The molecule has 2 nitrogen and oxygen atoms in total. The molecule has 1 saturated heterocycles. The van der Waals surface area contributed by atoms with Gasteiger partial charge in [-0.1, -0.05) is 53.9 Å². The molecule has 5 heteroatoms. The minimum absolute atomic E-state index is 0.794. The second kappa shape index (κ2) is 5.40. The van der Waals surface area contributed by atoms with Crippen LogP contribution in [0.5, 0.6) is 0 Å². The molecule has 1 aliphatic rings. The summed E-state index contributed by atoms with van der Waals surface area (Å²) in [4.78, 5) is 0. The topological polar surface area (TPSA) is 6.48 Å². The first kappa shape index (κ1) is 17.6. The average molecular weight is 317 g/mol. The fourth-order valence-corrected chi connectivity index (χ4v) is 35.0. The monoisotopic (exact) mass is 316 g/mol. The summed E-state index contributed by atoms with van der Waals surface area (Å²) in [5.74, 6) is 1.59. The van der Waals surface area contributed by atoms with E-state index in [1.165, 1.54) is 13.1 Å². The summed E-state index contributed by atoms with van der Waals surface area (Å²) in [5, 5.41) is 0. The van der Waals surface area contributed by atoms with Crippen molar-refractivity contribution in [3.8, 4) is 0 Å². The van der Waals surface area contributed by atoms with Crippen LogP contribution in [-0.2, 0) is 0 Å². The van der Waals surface area contributed by atoms with Crippen molar-refractivity contribution in [1.82, 2.24) is 8.46 Å². The molecule has 0 spiro atoms. The van der Waals surface area contributed by atoms with Crippen LogP contribution in [0, 0.1) is 11.8 Å². The van der Waals surface area contributed by atoms with Crippen LogP contribution in [-0.4, -0.2) is 45.5 Å². The van der Waals surface area contributed by atoms with Gasteiger partial charge in [-0.3, -0.25) is 0 Å². The summed E-state index contributed by atoms with van der Waals surface area (Å²) in [6.45, 7) is 28.0. The molecule has 0 unspecified atom stereocenters. The Hall–Kier alpha value is 0.571. The van der Waals surface area contributed by atoms with Crippen LogP contribution < -0.4 is 0 Å². The van der Waals surface area contributed by atoms with Crippen LogP contribution in [0.2, 0.25) is 39.3 Å². The van der Waals surface area contributed by atoms with Gasteiger partial charge in [0.15, 0.2) is 8.40 Å². The van der Waals surface area contributed by atoms with Crippen LogP contribution in [0.4, 0.5) is 0 Å². The summed E-state index contributed by atoms with van der Waals surface area (Å²) in [7, 11) is -3.94. The third-order valence-corrected chi connectivity index (χ3v) is 32.9. The van der Waals surface area contributed by atoms with Gasteiger partial charge in [0.05, 0.1) is 0 Å². The van der Waals surface area contributed by atoms with Gasteiger partial charge in [0.1, 0.15) is 15.5 Å². The zero-order valence-electron chi connectivity index (χ0n) is 15.0. The second-order valence-electron chi connectivity index (χ2n) is 8.62. The van der Waals surface area contributed by atoms with Gasteiger partial charge in [0.25, 0.3) is 0 Å². The molecule has 0 atom stereocenters. The molecule has 19 heavy (non-hydrogen) atoms. The van der Waals surface area contributed by atoms with Crippen LogP contribution in [0.3, 0.4) is 0 Å². The molecule has 1 fully saturated rings. The molecule has 1 rings (SSSR count). The van der Waals surface area contributed by atoms with Crippen LogP contribution in [0.15, 0.2) is 0 Å². The molecular weight excluding hydrogens is 280 g/mol.